The third-order valence-electron chi connectivity index (χ3n) is 5.16. The zero-order chi connectivity index (χ0) is 12.5. The number of amides is 1. The molecule has 17 heavy (non-hydrogen) atoms. The van der Waals surface area contributed by atoms with Crippen molar-refractivity contribution in [2.75, 3.05) is 13.1 Å². The SMILES string of the molecule is CCC(CC)(CN)C(=O)NCC1(C2CC2)CC1. The first-order chi connectivity index (χ1) is 8.12. The molecule has 0 bridgehead atoms. The molecular weight excluding hydrogens is 212 g/mol. The average molecular weight is 238 g/mol. The summed E-state index contributed by atoms with van der Waals surface area (Å²) in [5.41, 5.74) is 5.95. The van der Waals surface area contributed by atoms with Gasteiger partial charge in [-0.05, 0) is 49.9 Å². The fraction of sp³-hybridized carbons (Fsp3) is 0.929. The van der Waals surface area contributed by atoms with Crippen LogP contribution in [0, 0.1) is 16.7 Å². The third-order valence-corrected chi connectivity index (χ3v) is 5.16. The molecule has 0 spiro atoms. The van der Waals surface area contributed by atoms with Crippen molar-refractivity contribution in [2.24, 2.45) is 22.5 Å². The molecule has 0 saturated heterocycles. The van der Waals surface area contributed by atoms with E-state index in [1.54, 1.807) is 0 Å². The topological polar surface area (TPSA) is 55.1 Å². The lowest BCUT2D eigenvalue weighted by atomic mass is 9.81. The van der Waals surface area contributed by atoms with Gasteiger partial charge in [-0.25, -0.2) is 0 Å². The Morgan fingerprint density at radius 2 is 1.94 bits per heavy atom. The number of hydrogen-bond acceptors (Lipinski definition) is 2. The monoisotopic (exact) mass is 238 g/mol. The van der Waals surface area contributed by atoms with Gasteiger partial charge in [-0.2, -0.15) is 0 Å². The number of carbonyl (C=O) groups is 1. The average Bonchev–Trinajstić information content (AvgIpc) is 3.20. The predicted octanol–water partition coefficient (Wildman–Crippen LogP) is 2.06. The highest BCUT2D eigenvalue weighted by Gasteiger charge is 2.53. The van der Waals surface area contributed by atoms with Crippen molar-refractivity contribution in [3.63, 3.8) is 0 Å². The van der Waals surface area contributed by atoms with Gasteiger partial charge >= 0.3 is 0 Å². The van der Waals surface area contributed by atoms with Crippen LogP contribution in [-0.2, 0) is 4.79 Å². The van der Waals surface area contributed by atoms with E-state index in [0.717, 1.165) is 25.3 Å². The number of hydrogen-bond donors (Lipinski definition) is 2. The van der Waals surface area contributed by atoms with Gasteiger partial charge < -0.3 is 11.1 Å². The highest BCUT2D eigenvalue weighted by molar-refractivity contribution is 5.82. The molecule has 3 heteroatoms. The van der Waals surface area contributed by atoms with Gasteiger partial charge in [0, 0.05) is 13.1 Å². The van der Waals surface area contributed by atoms with Crippen molar-refractivity contribution >= 4 is 5.91 Å². The van der Waals surface area contributed by atoms with Crippen molar-refractivity contribution in [1.29, 1.82) is 0 Å². The molecule has 0 radical (unpaired) electrons. The van der Waals surface area contributed by atoms with Gasteiger partial charge in [0.1, 0.15) is 0 Å². The molecule has 2 fully saturated rings. The van der Waals surface area contributed by atoms with E-state index in [0.29, 0.717) is 12.0 Å². The highest BCUT2D eigenvalue weighted by Crippen LogP contribution is 2.60. The van der Waals surface area contributed by atoms with Gasteiger partial charge in [0.25, 0.3) is 0 Å². The molecule has 98 valence electrons. The van der Waals surface area contributed by atoms with Crippen molar-refractivity contribution in [2.45, 2.75) is 52.4 Å². The molecule has 2 aliphatic rings. The lowest BCUT2D eigenvalue weighted by Gasteiger charge is -2.29. The molecular formula is C14H26N2O. The number of carbonyl (C=O) groups excluding carboxylic acids is 1. The smallest absolute Gasteiger partial charge is 0.227 e. The van der Waals surface area contributed by atoms with Crippen LogP contribution in [0.25, 0.3) is 0 Å². The Labute approximate surface area is 105 Å². The Kier molecular flexibility index (Phi) is 3.48. The molecule has 0 aromatic rings. The molecule has 0 atom stereocenters. The van der Waals surface area contributed by atoms with Gasteiger partial charge in [-0.15, -0.1) is 0 Å². The molecule has 0 aliphatic heterocycles. The Morgan fingerprint density at radius 3 is 2.29 bits per heavy atom. The lowest BCUT2D eigenvalue weighted by Crippen LogP contribution is -2.47. The van der Waals surface area contributed by atoms with Crippen molar-refractivity contribution in [1.82, 2.24) is 5.32 Å². The Morgan fingerprint density at radius 1 is 1.35 bits per heavy atom. The number of rotatable bonds is 7. The summed E-state index contributed by atoms with van der Waals surface area (Å²) in [4.78, 5) is 12.3. The summed E-state index contributed by atoms with van der Waals surface area (Å²) >= 11 is 0. The fourth-order valence-electron chi connectivity index (χ4n) is 2.98. The minimum absolute atomic E-state index is 0.178. The van der Waals surface area contributed by atoms with Crippen LogP contribution >= 0.6 is 0 Å². The van der Waals surface area contributed by atoms with E-state index in [4.69, 9.17) is 5.73 Å². The summed E-state index contributed by atoms with van der Waals surface area (Å²) in [7, 11) is 0. The number of nitrogens with two attached hydrogens (primary N) is 1. The largest absolute Gasteiger partial charge is 0.355 e. The van der Waals surface area contributed by atoms with Crippen LogP contribution in [0.4, 0.5) is 0 Å². The van der Waals surface area contributed by atoms with E-state index in [2.05, 4.69) is 19.2 Å². The van der Waals surface area contributed by atoms with Crippen LogP contribution in [0.5, 0.6) is 0 Å². The zero-order valence-electron chi connectivity index (χ0n) is 11.2. The van der Waals surface area contributed by atoms with Gasteiger partial charge in [0.05, 0.1) is 5.41 Å². The standard InChI is InChI=1S/C14H26N2O/c1-3-13(4-2,9-15)12(17)16-10-14(7-8-14)11-5-6-11/h11H,3-10,15H2,1-2H3,(H,16,17). The van der Waals surface area contributed by atoms with E-state index < -0.39 is 0 Å². The normalized spacial score (nSPS) is 22.3. The maximum Gasteiger partial charge on any atom is 0.227 e. The second-order valence-electron chi connectivity index (χ2n) is 6.01. The summed E-state index contributed by atoms with van der Waals surface area (Å²) in [6, 6.07) is 0. The lowest BCUT2D eigenvalue weighted by molar-refractivity contribution is -0.131. The van der Waals surface area contributed by atoms with E-state index in [1.165, 1.54) is 25.7 Å². The Balaban J connectivity index is 1.87. The second-order valence-corrected chi connectivity index (χ2v) is 6.01. The van der Waals surface area contributed by atoms with E-state index >= 15 is 0 Å². The fourth-order valence-corrected chi connectivity index (χ4v) is 2.98. The molecule has 3 N–H and O–H groups in total. The van der Waals surface area contributed by atoms with Gasteiger partial charge in [0.2, 0.25) is 5.91 Å². The maximum atomic E-state index is 12.3. The second kappa shape index (κ2) is 4.60. The van der Waals surface area contributed by atoms with Crippen LogP contribution in [0.15, 0.2) is 0 Å². The van der Waals surface area contributed by atoms with Crippen LogP contribution in [0.2, 0.25) is 0 Å². The molecule has 2 saturated carbocycles. The molecule has 0 aromatic heterocycles. The summed E-state index contributed by atoms with van der Waals surface area (Å²) in [6.07, 6.45) is 7.04. The van der Waals surface area contributed by atoms with Crippen LogP contribution in [-0.4, -0.2) is 19.0 Å². The summed E-state index contributed by atoms with van der Waals surface area (Å²) in [5.74, 6) is 1.08. The summed E-state index contributed by atoms with van der Waals surface area (Å²) in [6.45, 7) is 5.47. The van der Waals surface area contributed by atoms with E-state index in [1.807, 2.05) is 0 Å². The Hall–Kier alpha value is -0.570. The zero-order valence-corrected chi connectivity index (χ0v) is 11.2. The van der Waals surface area contributed by atoms with E-state index in [9.17, 15) is 4.79 Å². The molecule has 0 heterocycles. The van der Waals surface area contributed by atoms with Crippen LogP contribution < -0.4 is 11.1 Å². The van der Waals surface area contributed by atoms with E-state index in [-0.39, 0.29) is 11.3 Å². The minimum Gasteiger partial charge on any atom is -0.355 e. The number of nitrogens with one attached hydrogen (secondary N) is 1. The maximum absolute atomic E-state index is 12.3. The third kappa shape index (κ3) is 2.35. The molecule has 2 aliphatic carbocycles. The highest BCUT2D eigenvalue weighted by atomic mass is 16.2. The first-order valence-electron chi connectivity index (χ1n) is 7.11. The molecule has 0 aromatic carbocycles. The van der Waals surface area contributed by atoms with Crippen LogP contribution in [0.1, 0.15) is 52.4 Å². The minimum atomic E-state index is -0.334. The quantitative estimate of drug-likeness (QED) is 0.713. The van der Waals surface area contributed by atoms with Gasteiger partial charge in [0.15, 0.2) is 0 Å². The summed E-state index contributed by atoms with van der Waals surface area (Å²) < 4.78 is 0. The first kappa shape index (κ1) is 12.9. The van der Waals surface area contributed by atoms with Crippen molar-refractivity contribution < 1.29 is 4.79 Å². The molecule has 2 rings (SSSR count). The Bertz CT molecular complexity index is 280. The van der Waals surface area contributed by atoms with Crippen molar-refractivity contribution in [3.8, 4) is 0 Å². The molecule has 1 amide bonds. The predicted molar refractivity (Wildman–Crippen MR) is 69.5 cm³/mol. The summed E-state index contributed by atoms with van der Waals surface area (Å²) in [5, 5.41) is 3.18. The molecule has 0 unspecified atom stereocenters. The van der Waals surface area contributed by atoms with Crippen LogP contribution in [0.3, 0.4) is 0 Å². The van der Waals surface area contributed by atoms with Gasteiger partial charge in [-0.1, -0.05) is 13.8 Å². The van der Waals surface area contributed by atoms with Gasteiger partial charge in [-0.3, -0.25) is 4.79 Å². The van der Waals surface area contributed by atoms with Crippen molar-refractivity contribution in [3.05, 3.63) is 0 Å². The molecule has 3 nitrogen and oxygen atoms in total. The first-order valence-corrected chi connectivity index (χ1v) is 7.11.